The van der Waals surface area contributed by atoms with Crippen molar-refractivity contribution in [3.05, 3.63) is 41.7 Å². The van der Waals surface area contributed by atoms with Gasteiger partial charge in [0, 0.05) is 31.1 Å². The van der Waals surface area contributed by atoms with Gasteiger partial charge in [-0.25, -0.2) is 4.79 Å². The van der Waals surface area contributed by atoms with Crippen LogP contribution in [0.4, 0.5) is 0 Å². The summed E-state index contributed by atoms with van der Waals surface area (Å²) in [4.78, 5) is 17.2. The van der Waals surface area contributed by atoms with E-state index in [9.17, 15) is 4.79 Å². The van der Waals surface area contributed by atoms with Gasteiger partial charge in [0.1, 0.15) is 0 Å². The fraction of sp³-hybridized carbons (Fsp3) is 0.385. The molecule has 4 heteroatoms. The van der Waals surface area contributed by atoms with Gasteiger partial charge < -0.3 is 4.74 Å². The first-order chi connectivity index (χ1) is 8.13. The molecule has 4 nitrogen and oxygen atoms in total. The Bertz CT molecular complexity index is 388. The third kappa shape index (κ3) is 4.78. The van der Waals surface area contributed by atoms with E-state index in [4.69, 9.17) is 0 Å². The maximum absolute atomic E-state index is 11.2. The quantitative estimate of drug-likeness (QED) is 0.573. The van der Waals surface area contributed by atoms with Crippen molar-refractivity contribution in [3.63, 3.8) is 0 Å². The van der Waals surface area contributed by atoms with E-state index in [0.29, 0.717) is 12.1 Å². The van der Waals surface area contributed by atoms with Crippen LogP contribution >= 0.6 is 0 Å². The van der Waals surface area contributed by atoms with Crippen LogP contribution in [-0.2, 0) is 16.1 Å². The van der Waals surface area contributed by atoms with Crippen molar-refractivity contribution in [1.82, 2.24) is 9.88 Å². The Morgan fingerprint density at radius 3 is 2.71 bits per heavy atom. The van der Waals surface area contributed by atoms with Gasteiger partial charge in [0.15, 0.2) is 0 Å². The van der Waals surface area contributed by atoms with Crippen LogP contribution < -0.4 is 0 Å². The summed E-state index contributed by atoms with van der Waals surface area (Å²) in [6.07, 6.45) is 5.42. The Kier molecular flexibility index (Phi) is 5.36. The summed E-state index contributed by atoms with van der Waals surface area (Å²) in [7, 11) is 3.39. The molecule has 1 aromatic heterocycles. The van der Waals surface area contributed by atoms with Crippen molar-refractivity contribution < 1.29 is 9.53 Å². The van der Waals surface area contributed by atoms with Crippen LogP contribution in [0.5, 0.6) is 0 Å². The van der Waals surface area contributed by atoms with Crippen molar-refractivity contribution in [2.45, 2.75) is 13.5 Å². The molecule has 0 radical (unpaired) electrons. The molecule has 0 aliphatic heterocycles. The van der Waals surface area contributed by atoms with E-state index in [1.54, 1.807) is 19.3 Å². The summed E-state index contributed by atoms with van der Waals surface area (Å²) in [5.41, 5.74) is 1.83. The number of hydrogen-bond donors (Lipinski definition) is 0. The summed E-state index contributed by atoms with van der Waals surface area (Å²) in [5, 5.41) is 0. The molecular weight excluding hydrogens is 216 g/mol. The summed E-state index contributed by atoms with van der Waals surface area (Å²) < 4.78 is 4.63. The topological polar surface area (TPSA) is 42.4 Å². The van der Waals surface area contributed by atoms with E-state index >= 15 is 0 Å². The van der Waals surface area contributed by atoms with Gasteiger partial charge in [-0.05, 0) is 31.7 Å². The predicted molar refractivity (Wildman–Crippen MR) is 66.3 cm³/mol. The molecular formula is C13H18N2O2. The number of carbonyl (C=O) groups is 1. The highest BCUT2D eigenvalue weighted by Gasteiger charge is 2.03. The van der Waals surface area contributed by atoms with Gasteiger partial charge in [-0.1, -0.05) is 6.08 Å². The third-order valence-corrected chi connectivity index (χ3v) is 2.42. The van der Waals surface area contributed by atoms with Gasteiger partial charge in [0.2, 0.25) is 0 Å². The Morgan fingerprint density at radius 2 is 2.12 bits per heavy atom. The number of carbonyl (C=O) groups excluding carboxylic acids is 1. The zero-order valence-corrected chi connectivity index (χ0v) is 10.5. The van der Waals surface area contributed by atoms with Gasteiger partial charge >= 0.3 is 5.97 Å². The summed E-state index contributed by atoms with van der Waals surface area (Å²) >= 11 is 0. The molecule has 0 bridgehead atoms. The Balaban J connectivity index is 2.45. The Hall–Kier alpha value is -1.68. The zero-order valence-electron chi connectivity index (χ0n) is 10.5. The first-order valence-electron chi connectivity index (χ1n) is 5.46. The average molecular weight is 234 g/mol. The average Bonchev–Trinajstić information content (AvgIpc) is 2.36. The minimum absolute atomic E-state index is 0.276. The SMILES string of the molecule is COC(=O)C(C)=CCN(C)Cc1ccncc1. The minimum Gasteiger partial charge on any atom is -0.466 e. The number of likely N-dealkylation sites (N-methyl/N-ethyl adjacent to an activating group) is 1. The normalized spacial score (nSPS) is 11.6. The molecule has 0 amide bonds. The van der Waals surface area contributed by atoms with E-state index in [1.807, 2.05) is 25.3 Å². The number of ether oxygens (including phenoxy) is 1. The molecule has 0 aromatic carbocycles. The molecule has 0 atom stereocenters. The highest BCUT2D eigenvalue weighted by atomic mass is 16.5. The molecule has 92 valence electrons. The maximum atomic E-state index is 11.2. The lowest BCUT2D eigenvalue weighted by atomic mass is 10.2. The number of aromatic nitrogens is 1. The second-order valence-corrected chi connectivity index (χ2v) is 3.93. The van der Waals surface area contributed by atoms with Crippen molar-refractivity contribution in [3.8, 4) is 0 Å². The number of esters is 1. The number of hydrogen-bond acceptors (Lipinski definition) is 4. The summed E-state index contributed by atoms with van der Waals surface area (Å²) in [6, 6.07) is 3.96. The number of rotatable bonds is 5. The predicted octanol–water partition coefficient (Wildman–Crippen LogP) is 1.63. The number of pyridine rings is 1. The molecule has 1 aromatic rings. The summed E-state index contributed by atoms with van der Waals surface area (Å²) in [5.74, 6) is -0.276. The van der Waals surface area contributed by atoms with Gasteiger partial charge in [0.05, 0.1) is 7.11 Å². The maximum Gasteiger partial charge on any atom is 0.333 e. The first kappa shape index (κ1) is 13.4. The molecule has 1 rings (SSSR count). The van der Waals surface area contributed by atoms with Gasteiger partial charge in [-0.2, -0.15) is 0 Å². The van der Waals surface area contributed by atoms with E-state index in [2.05, 4.69) is 14.6 Å². The largest absolute Gasteiger partial charge is 0.466 e. The fourth-order valence-electron chi connectivity index (χ4n) is 1.40. The van der Waals surface area contributed by atoms with Gasteiger partial charge in [-0.3, -0.25) is 9.88 Å². The zero-order chi connectivity index (χ0) is 12.7. The smallest absolute Gasteiger partial charge is 0.333 e. The van der Waals surface area contributed by atoms with Crippen LogP contribution in [0.15, 0.2) is 36.2 Å². The second-order valence-electron chi connectivity index (χ2n) is 3.93. The van der Waals surface area contributed by atoms with Crippen LogP contribution in [0.25, 0.3) is 0 Å². The van der Waals surface area contributed by atoms with Crippen LogP contribution in [-0.4, -0.2) is 36.6 Å². The van der Waals surface area contributed by atoms with Gasteiger partial charge in [-0.15, -0.1) is 0 Å². The van der Waals surface area contributed by atoms with E-state index < -0.39 is 0 Å². The molecule has 0 aliphatic carbocycles. The molecule has 0 saturated heterocycles. The van der Waals surface area contributed by atoms with Crippen molar-refractivity contribution in [1.29, 1.82) is 0 Å². The summed E-state index contributed by atoms with van der Waals surface area (Å²) in [6.45, 7) is 3.29. The molecule has 0 aliphatic rings. The van der Waals surface area contributed by atoms with Crippen LogP contribution in [0.1, 0.15) is 12.5 Å². The highest BCUT2D eigenvalue weighted by molar-refractivity contribution is 5.87. The van der Waals surface area contributed by atoms with Crippen LogP contribution in [0, 0.1) is 0 Å². The van der Waals surface area contributed by atoms with Crippen LogP contribution in [0.2, 0.25) is 0 Å². The molecule has 0 unspecified atom stereocenters. The molecule has 0 fully saturated rings. The fourth-order valence-corrected chi connectivity index (χ4v) is 1.40. The lowest BCUT2D eigenvalue weighted by molar-refractivity contribution is -0.136. The Labute approximate surface area is 102 Å². The van der Waals surface area contributed by atoms with Crippen molar-refractivity contribution >= 4 is 5.97 Å². The Morgan fingerprint density at radius 1 is 1.47 bits per heavy atom. The van der Waals surface area contributed by atoms with Crippen molar-refractivity contribution in [2.24, 2.45) is 0 Å². The molecule has 17 heavy (non-hydrogen) atoms. The van der Waals surface area contributed by atoms with Crippen LogP contribution in [0.3, 0.4) is 0 Å². The molecule has 1 heterocycles. The lowest BCUT2D eigenvalue weighted by Crippen LogP contribution is -2.18. The molecule has 0 N–H and O–H groups in total. The molecule has 0 spiro atoms. The van der Waals surface area contributed by atoms with E-state index in [1.165, 1.54) is 12.7 Å². The number of nitrogens with zero attached hydrogens (tertiary/aromatic N) is 2. The van der Waals surface area contributed by atoms with E-state index in [-0.39, 0.29) is 5.97 Å². The molecule has 0 saturated carbocycles. The van der Waals surface area contributed by atoms with Crippen molar-refractivity contribution in [2.75, 3.05) is 20.7 Å². The van der Waals surface area contributed by atoms with E-state index in [0.717, 1.165) is 6.54 Å². The minimum atomic E-state index is -0.276. The number of methoxy groups -OCH3 is 1. The third-order valence-electron chi connectivity index (χ3n) is 2.42. The van der Waals surface area contributed by atoms with Gasteiger partial charge in [0.25, 0.3) is 0 Å². The monoisotopic (exact) mass is 234 g/mol. The first-order valence-corrected chi connectivity index (χ1v) is 5.46. The highest BCUT2D eigenvalue weighted by Crippen LogP contribution is 2.02. The standard InChI is InChI=1S/C13H18N2O2/c1-11(13(16)17-3)6-9-15(2)10-12-4-7-14-8-5-12/h4-8H,9-10H2,1-3H3. The second kappa shape index (κ2) is 6.81. The lowest BCUT2D eigenvalue weighted by Gasteiger charge is -2.14.